The molecule has 6 atom stereocenters. The number of benzene rings is 3. The predicted octanol–water partition coefficient (Wildman–Crippen LogP) is 2.55. The maximum Gasteiger partial charge on any atom is 0.399 e. The van der Waals surface area contributed by atoms with Crippen LogP contribution in [0.4, 0.5) is 8.78 Å². The second kappa shape index (κ2) is 24.6. The summed E-state index contributed by atoms with van der Waals surface area (Å²) in [5, 5.41) is 13.2. The molecule has 26 heteroatoms. The second-order valence-electron chi connectivity index (χ2n) is 19.9. The number of thiophene rings is 1. The van der Waals surface area contributed by atoms with E-state index in [1.165, 1.54) is 33.8 Å². The fourth-order valence-corrected chi connectivity index (χ4v) is 11.7. The zero-order valence-corrected chi connectivity index (χ0v) is 44.9. The molecule has 4 aliphatic heterocycles. The summed E-state index contributed by atoms with van der Waals surface area (Å²) < 4.78 is 41.0. The van der Waals surface area contributed by atoms with Crippen LogP contribution in [-0.2, 0) is 55.1 Å². The number of rotatable bonds is 18. The Morgan fingerprint density at radius 3 is 2.40 bits per heavy atom. The van der Waals surface area contributed by atoms with Crippen LogP contribution in [0.2, 0.25) is 0 Å². The molecule has 3 saturated heterocycles. The van der Waals surface area contributed by atoms with Gasteiger partial charge in [0, 0.05) is 79.8 Å². The van der Waals surface area contributed by atoms with Gasteiger partial charge in [-0.25, -0.2) is 0 Å². The van der Waals surface area contributed by atoms with Crippen molar-refractivity contribution in [3.8, 4) is 11.8 Å². The second-order valence-corrected chi connectivity index (χ2v) is 22.7. The smallest absolute Gasteiger partial charge is 0.370 e. The number of fused-ring (bicyclic) bond motifs is 3. The van der Waals surface area contributed by atoms with Crippen LogP contribution in [-0.4, -0.2) is 133 Å². The number of nitrogens with two attached hydrogens (primary N) is 1. The Bertz CT molecular complexity index is 3270. The van der Waals surface area contributed by atoms with Crippen molar-refractivity contribution in [2.75, 3.05) is 19.6 Å². The number of hydrogen-bond acceptors (Lipinski definition) is 12. The van der Waals surface area contributed by atoms with E-state index < -0.39 is 102 Å². The molecule has 1 unspecified atom stereocenters. The van der Waals surface area contributed by atoms with Gasteiger partial charge in [-0.3, -0.25) is 57.8 Å². The number of carbonyl (C=O) groups excluding carboxylic acids is 10. The number of amides is 10. The Labute approximate surface area is 461 Å². The first-order valence-electron chi connectivity index (χ1n) is 25.9. The Balaban J connectivity index is 0.907. The first kappa shape index (κ1) is 58.2. The minimum absolute atomic E-state index is 0.0584. The molecule has 22 nitrogen and oxygen atoms in total. The normalized spacial score (nSPS) is 20.0. The van der Waals surface area contributed by atoms with Gasteiger partial charge in [0.1, 0.15) is 30.2 Å². The lowest BCUT2D eigenvalue weighted by Gasteiger charge is -2.38. The molecule has 0 aliphatic carbocycles. The van der Waals surface area contributed by atoms with Gasteiger partial charge in [-0.05, 0) is 91.8 Å². The average Bonchev–Trinajstić information content (AvgIpc) is 4.19. The van der Waals surface area contributed by atoms with Crippen molar-refractivity contribution in [2.24, 2.45) is 5.73 Å². The molecule has 8 rings (SSSR count). The fraction of sp³-hybridized carbons (Fsp3) is 0.407. The molecule has 3 aromatic carbocycles. The van der Waals surface area contributed by atoms with Crippen LogP contribution in [0.15, 0.2) is 72.8 Å². The van der Waals surface area contributed by atoms with Gasteiger partial charge < -0.3 is 51.5 Å². The number of nitrogens with one attached hydrogen (secondary N) is 5. The van der Waals surface area contributed by atoms with Gasteiger partial charge in [0.05, 0.1) is 4.88 Å². The van der Waals surface area contributed by atoms with Crippen molar-refractivity contribution in [1.29, 1.82) is 0 Å². The van der Waals surface area contributed by atoms with Crippen LogP contribution in [0.25, 0.3) is 10.1 Å². The molecule has 422 valence electrons. The van der Waals surface area contributed by atoms with E-state index in [9.17, 15) is 71.1 Å². The summed E-state index contributed by atoms with van der Waals surface area (Å²) in [4.78, 5) is 156. The van der Waals surface area contributed by atoms with E-state index in [2.05, 4.69) is 38.4 Å². The third-order valence-corrected chi connectivity index (χ3v) is 16.6. The summed E-state index contributed by atoms with van der Waals surface area (Å²) in [6.07, 6.45) is 1.84. The number of unbranched alkanes of at least 4 members (excludes halogenated alkanes) is 2. The van der Waals surface area contributed by atoms with Gasteiger partial charge in [0.25, 0.3) is 11.8 Å². The van der Waals surface area contributed by atoms with E-state index >= 15 is 0 Å². The summed E-state index contributed by atoms with van der Waals surface area (Å²) in [7, 11) is -5.90. The molecule has 4 aromatic rings. The highest BCUT2D eigenvalue weighted by molar-refractivity contribution is 7.52. The topological polar surface area (TPSA) is 324 Å². The predicted molar refractivity (Wildman–Crippen MR) is 283 cm³/mol. The largest absolute Gasteiger partial charge is 0.399 e. The molecule has 3 fully saturated rings. The van der Waals surface area contributed by atoms with Gasteiger partial charge in [-0.1, -0.05) is 54.3 Å². The van der Waals surface area contributed by atoms with E-state index in [-0.39, 0.29) is 86.8 Å². The summed E-state index contributed by atoms with van der Waals surface area (Å²) in [6.45, 7) is 1.48. The minimum atomic E-state index is -5.90. The van der Waals surface area contributed by atoms with Crippen LogP contribution >= 0.6 is 18.9 Å². The van der Waals surface area contributed by atoms with E-state index in [0.29, 0.717) is 52.6 Å². The molecule has 0 radical (unpaired) electrons. The molecular formula is C54H58F2N9O13PS. The molecule has 0 bridgehead atoms. The summed E-state index contributed by atoms with van der Waals surface area (Å²) in [5.41, 5.74) is 2.18. The SMILES string of the molecule is CC(=O)N1CC[C@H]2CC[C@@H](C(=O)N[C@@H](CCC(N)=O)C(=O)N[C@H](C(=O)NCCCCC#Cc3cccc4c3CN(C3CCC(=O)NC3=O)C4=O)c3ccccc3)N2C(=O)[C@@H](NC(=O)c2cc3cc(C(F)(F)P(=O)(O)O)ccc3s2)C1. The standard InChI is InChI=1S/C54H58F2N9O13PS/c1-30(66)63-25-23-35-16-18-41(65(35)53(75)39(29-63)60-50(72)43-27-33-26-34(15-20-42(33)80-43)54(55,56)79(76,77)78)49(71)59-38(17-21-44(57)67)47(69)62-46(32-11-6-4-7-12-32)51(73)58-24-8-3-2-5-10-31-13-9-14-36-37(31)28-64(52(36)74)40-19-22-45(68)61-48(40)70/h4,6-7,9,11-15,20,26-27,35,38-41,46H,2-3,8,16-19,21-25,28-29H2,1H3,(H2,57,67)(H,58,73)(H,59,71)(H,60,72)(H,62,69)(H,61,68,70)(H2,76,77,78)/t35-,38+,39+,40?,41+,46+/m1/s1. The van der Waals surface area contributed by atoms with Crippen LogP contribution < -0.4 is 32.3 Å². The zero-order chi connectivity index (χ0) is 57.6. The molecule has 1 aromatic heterocycles. The molecule has 0 spiro atoms. The van der Waals surface area contributed by atoms with Crippen molar-refractivity contribution >= 4 is 88.1 Å². The number of piperidine rings is 1. The number of hydrogen-bond donors (Lipinski definition) is 8. The maximum absolute atomic E-state index is 14.6. The van der Waals surface area contributed by atoms with Gasteiger partial charge in [-0.2, -0.15) is 8.78 Å². The van der Waals surface area contributed by atoms with Crippen molar-refractivity contribution in [3.63, 3.8) is 0 Å². The number of carbonyl (C=O) groups is 10. The Morgan fingerprint density at radius 2 is 1.69 bits per heavy atom. The van der Waals surface area contributed by atoms with E-state index in [4.69, 9.17) is 5.73 Å². The summed E-state index contributed by atoms with van der Waals surface area (Å²) >= 11 is 0.854. The number of primary amides is 1. The van der Waals surface area contributed by atoms with Gasteiger partial charge in [-0.15, -0.1) is 11.3 Å². The number of alkyl halides is 2. The van der Waals surface area contributed by atoms with Crippen molar-refractivity contribution in [3.05, 3.63) is 105 Å². The van der Waals surface area contributed by atoms with E-state index in [0.717, 1.165) is 23.5 Å². The zero-order valence-electron chi connectivity index (χ0n) is 43.2. The lowest BCUT2D eigenvalue weighted by molar-refractivity contribution is -0.145. The minimum Gasteiger partial charge on any atom is -0.370 e. The van der Waals surface area contributed by atoms with Gasteiger partial charge in [0.15, 0.2) is 0 Å². The lowest BCUT2D eigenvalue weighted by atomic mass is 10.0. The lowest BCUT2D eigenvalue weighted by Crippen LogP contribution is -2.62. The van der Waals surface area contributed by atoms with Crippen LogP contribution in [0.5, 0.6) is 0 Å². The molecule has 10 amide bonds. The quantitative estimate of drug-likeness (QED) is 0.0308. The molecule has 80 heavy (non-hydrogen) atoms. The molecule has 5 heterocycles. The van der Waals surface area contributed by atoms with Crippen molar-refractivity contribution < 1.29 is 71.1 Å². The van der Waals surface area contributed by atoms with Crippen molar-refractivity contribution in [2.45, 2.75) is 120 Å². The first-order valence-corrected chi connectivity index (χ1v) is 28.3. The fourth-order valence-electron chi connectivity index (χ4n) is 10.3. The Morgan fingerprint density at radius 1 is 0.925 bits per heavy atom. The van der Waals surface area contributed by atoms with E-state index in [1.54, 1.807) is 48.5 Å². The summed E-state index contributed by atoms with van der Waals surface area (Å²) in [6, 6.07) is 10.8. The third kappa shape index (κ3) is 13.1. The highest BCUT2D eigenvalue weighted by Gasteiger charge is 2.51. The number of halogens is 2. The molecule has 0 saturated carbocycles. The van der Waals surface area contributed by atoms with E-state index in [1.807, 2.05) is 0 Å². The van der Waals surface area contributed by atoms with Crippen LogP contribution in [0.3, 0.4) is 0 Å². The highest BCUT2D eigenvalue weighted by atomic mass is 32.1. The number of nitrogens with zero attached hydrogens (tertiary/aromatic N) is 3. The first-order chi connectivity index (χ1) is 38.0. The average molecular weight is 1140 g/mol. The Hall–Kier alpha value is -7.91. The summed E-state index contributed by atoms with van der Waals surface area (Å²) in [5.74, 6) is 0.0692. The van der Waals surface area contributed by atoms with Crippen LogP contribution in [0, 0.1) is 11.8 Å². The van der Waals surface area contributed by atoms with Crippen LogP contribution in [0.1, 0.15) is 119 Å². The molecular weight excluding hydrogens is 1080 g/mol. The monoisotopic (exact) mass is 1140 g/mol. The molecule has 4 aliphatic rings. The number of imide groups is 1. The Kier molecular flexibility index (Phi) is 17.9. The third-order valence-electron chi connectivity index (χ3n) is 14.5. The highest BCUT2D eigenvalue weighted by Crippen LogP contribution is 2.59. The van der Waals surface area contributed by atoms with Crippen molar-refractivity contribution in [1.82, 2.24) is 41.3 Å². The van der Waals surface area contributed by atoms with Gasteiger partial charge >= 0.3 is 13.3 Å². The maximum atomic E-state index is 14.6. The molecule has 9 N–H and O–H groups in total. The van der Waals surface area contributed by atoms with Gasteiger partial charge in [0.2, 0.25) is 47.3 Å².